The zero-order chi connectivity index (χ0) is 31.0. The smallest absolute Gasteiger partial charge is 0.338 e. The number of aliphatic hydroxyl groups is 3. The normalized spacial score (nSPS) is 49.5. The summed E-state index contributed by atoms with van der Waals surface area (Å²) in [5.74, 6) is -6.07. The number of Topliss-reactive ketones (excluding diaryl/α,β-unsaturated/α-hetero) is 1. The summed E-state index contributed by atoms with van der Waals surface area (Å²) in [4.78, 5) is 27.6. The Morgan fingerprint density at radius 1 is 1.02 bits per heavy atom. The lowest BCUT2D eigenvalue weighted by Crippen LogP contribution is -2.76. The predicted octanol–water partition coefficient (Wildman–Crippen LogP) is 2.25. The molecule has 0 radical (unpaired) electrons. The molecule has 3 saturated heterocycles. The van der Waals surface area contributed by atoms with Gasteiger partial charge in [-0.2, -0.15) is 0 Å². The van der Waals surface area contributed by atoms with Crippen LogP contribution in [0.5, 0.6) is 0 Å². The summed E-state index contributed by atoms with van der Waals surface area (Å²) >= 11 is 0. The maximum atomic E-state index is 13.9. The molecule has 3 aliphatic heterocycles. The first-order chi connectivity index (χ1) is 20.9. The molecular formula is C34H36O10. The molecule has 3 N–H and O–H groups in total. The molecule has 8 rings (SSSR count). The van der Waals surface area contributed by atoms with E-state index >= 15 is 0 Å². The Morgan fingerprint density at radius 3 is 2.32 bits per heavy atom. The number of carbonyl (C=O) groups excluding carboxylic acids is 2. The van der Waals surface area contributed by atoms with Gasteiger partial charge in [-0.3, -0.25) is 4.79 Å². The van der Waals surface area contributed by atoms with Crippen molar-refractivity contribution in [3.05, 3.63) is 83.9 Å². The fourth-order valence-corrected chi connectivity index (χ4v) is 9.52. The van der Waals surface area contributed by atoms with Crippen LogP contribution in [0.2, 0.25) is 0 Å². The Morgan fingerprint density at radius 2 is 1.68 bits per heavy atom. The maximum Gasteiger partial charge on any atom is 0.338 e. The molecule has 10 nitrogen and oxygen atoms in total. The van der Waals surface area contributed by atoms with Gasteiger partial charge in [0.2, 0.25) is 0 Å². The average Bonchev–Trinajstić information content (AvgIpc) is 3.65. The van der Waals surface area contributed by atoms with Crippen LogP contribution in [-0.2, 0) is 34.5 Å². The summed E-state index contributed by atoms with van der Waals surface area (Å²) in [6.07, 6.45) is -4.39. The largest absolute Gasteiger partial charge is 0.455 e. The molecule has 0 spiro atoms. The van der Waals surface area contributed by atoms with Gasteiger partial charge >= 0.3 is 11.9 Å². The molecule has 0 unspecified atom stereocenters. The Kier molecular flexibility index (Phi) is 5.73. The molecule has 6 aliphatic rings. The van der Waals surface area contributed by atoms with E-state index in [-0.39, 0.29) is 6.42 Å². The number of benzene rings is 2. The number of rotatable bonds is 5. The summed E-state index contributed by atoms with van der Waals surface area (Å²) in [7, 11) is 0. The third-order valence-corrected chi connectivity index (χ3v) is 11.5. The lowest BCUT2D eigenvalue weighted by atomic mass is 9.52. The summed E-state index contributed by atoms with van der Waals surface area (Å²) in [5, 5.41) is 34.9. The van der Waals surface area contributed by atoms with Gasteiger partial charge in [0.05, 0.1) is 17.8 Å². The molecule has 3 heterocycles. The summed E-state index contributed by atoms with van der Waals surface area (Å²) < 4.78 is 33.5. The number of ether oxygens (including phenoxy) is 5. The minimum Gasteiger partial charge on any atom is -0.455 e. The second kappa shape index (κ2) is 8.85. The van der Waals surface area contributed by atoms with Crippen LogP contribution in [0.15, 0.2) is 72.8 Å². The number of hydrogen-bond donors (Lipinski definition) is 3. The number of epoxide rings is 1. The lowest BCUT2D eigenvalue weighted by molar-refractivity contribution is -0.443. The molecule has 3 bridgehead atoms. The van der Waals surface area contributed by atoms with E-state index < -0.39 is 94.8 Å². The van der Waals surface area contributed by atoms with Crippen molar-refractivity contribution in [2.24, 2.45) is 23.7 Å². The first-order valence-electron chi connectivity index (χ1n) is 15.2. The fraction of sp³-hybridized carbons (Fsp3) is 0.529. The molecule has 3 saturated carbocycles. The molecule has 3 aliphatic carbocycles. The molecule has 10 heteroatoms. The van der Waals surface area contributed by atoms with Crippen LogP contribution in [0.1, 0.15) is 43.1 Å². The van der Waals surface area contributed by atoms with E-state index in [2.05, 4.69) is 6.58 Å². The molecule has 13 atom stereocenters. The Bertz CT molecular complexity index is 1560. The van der Waals surface area contributed by atoms with Crippen LogP contribution >= 0.6 is 0 Å². The number of hydrogen-bond acceptors (Lipinski definition) is 10. The summed E-state index contributed by atoms with van der Waals surface area (Å²) in [6, 6.07) is 17.7. The quantitative estimate of drug-likeness (QED) is 0.264. The molecule has 6 fully saturated rings. The van der Waals surface area contributed by atoms with E-state index in [4.69, 9.17) is 23.7 Å². The van der Waals surface area contributed by atoms with Crippen molar-refractivity contribution >= 4 is 11.8 Å². The standard InChI is InChI=1S/C34H36O10/c1-17(2)32-25(40-28(37)20-11-7-5-8-12-20)19(4)33-22-15-18(3)24(36)31(22,39)29(38)30(16-35)26(41-30)23(33)27(32)42-34(43-32,44-33)21-13-9-6-10-14-21/h5-14,18-19,22-23,25-27,29,35,38-39H,1,15-16H2,2-4H3/t18-,19-,22-,23+,25-,26+,27-,29-,30+,31-,32+,33+,34-/m1/s1. The van der Waals surface area contributed by atoms with Crippen molar-refractivity contribution in [2.45, 2.75) is 80.0 Å². The van der Waals surface area contributed by atoms with Crippen molar-refractivity contribution in [3.63, 3.8) is 0 Å². The number of esters is 1. The number of ketones is 1. The second-order valence-corrected chi connectivity index (χ2v) is 13.5. The van der Waals surface area contributed by atoms with Gasteiger partial charge in [-0.15, -0.1) is 0 Å². The average molecular weight is 605 g/mol. The van der Waals surface area contributed by atoms with Gasteiger partial charge in [-0.05, 0) is 31.1 Å². The van der Waals surface area contributed by atoms with E-state index in [1.165, 1.54) is 0 Å². The van der Waals surface area contributed by atoms with Gasteiger partial charge in [-0.1, -0.05) is 69.0 Å². The molecule has 2 aromatic rings. The zero-order valence-electron chi connectivity index (χ0n) is 24.7. The molecule has 2 aromatic carbocycles. The topological polar surface area (TPSA) is 144 Å². The van der Waals surface area contributed by atoms with Gasteiger partial charge in [-0.25, -0.2) is 4.79 Å². The first-order valence-corrected chi connectivity index (χ1v) is 15.2. The molecule has 0 aromatic heterocycles. The van der Waals surface area contributed by atoms with Crippen molar-refractivity contribution < 1.29 is 48.6 Å². The van der Waals surface area contributed by atoms with E-state index in [0.717, 1.165) is 0 Å². The maximum absolute atomic E-state index is 13.9. The Labute approximate surface area is 254 Å². The van der Waals surface area contributed by atoms with Crippen LogP contribution in [-0.4, -0.2) is 80.5 Å². The van der Waals surface area contributed by atoms with Gasteiger partial charge in [0.25, 0.3) is 0 Å². The monoisotopic (exact) mass is 604 g/mol. The van der Waals surface area contributed by atoms with Crippen molar-refractivity contribution in [2.75, 3.05) is 6.61 Å². The predicted molar refractivity (Wildman–Crippen MR) is 152 cm³/mol. The highest BCUT2D eigenvalue weighted by Gasteiger charge is 2.91. The fourth-order valence-electron chi connectivity index (χ4n) is 9.52. The molecule has 0 amide bonds. The van der Waals surface area contributed by atoms with Gasteiger partial charge in [0.1, 0.15) is 30.0 Å². The third-order valence-electron chi connectivity index (χ3n) is 11.5. The van der Waals surface area contributed by atoms with Crippen molar-refractivity contribution in [1.82, 2.24) is 0 Å². The minimum atomic E-state index is -2.33. The van der Waals surface area contributed by atoms with Crippen LogP contribution in [0, 0.1) is 23.7 Å². The highest BCUT2D eigenvalue weighted by molar-refractivity contribution is 5.93. The van der Waals surface area contributed by atoms with Gasteiger partial charge in [0, 0.05) is 29.2 Å². The van der Waals surface area contributed by atoms with E-state index in [9.17, 15) is 24.9 Å². The first kappa shape index (κ1) is 28.5. The van der Waals surface area contributed by atoms with Crippen molar-refractivity contribution in [1.29, 1.82) is 0 Å². The summed E-state index contributed by atoms with van der Waals surface area (Å²) in [5.41, 5.74) is -5.52. The minimum absolute atomic E-state index is 0.179. The SMILES string of the molecule is C=C(C)[C@@]12O[C@@]3(c4ccccc4)O[C@@H]1[C@@H]1[C@@H]4O[C@]4(CO)[C@@H](O)[C@]4(O)C(=O)[C@H](C)C[C@H]4[C@@]1(O3)[C@H](C)[C@H]2OC(=O)c1ccccc1. The zero-order valence-corrected chi connectivity index (χ0v) is 24.7. The molecule has 232 valence electrons. The van der Waals surface area contributed by atoms with Crippen LogP contribution < -0.4 is 0 Å². The van der Waals surface area contributed by atoms with Crippen LogP contribution in [0.4, 0.5) is 0 Å². The Hall–Kier alpha value is -2.96. The summed E-state index contributed by atoms with van der Waals surface area (Å²) in [6.45, 7) is 9.02. The molecular weight excluding hydrogens is 568 g/mol. The van der Waals surface area contributed by atoms with Crippen LogP contribution in [0.3, 0.4) is 0 Å². The highest BCUT2D eigenvalue weighted by Crippen LogP contribution is 2.74. The number of fused-ring (bicyclic) bond motifs is 3. The number of carbonyl (C=O) groups is 2. The van der Waals surface area contributed by atoms with E-state index in [1.54, 1.807) is 56.3 Å². The third kappa shape index (κ3) is 3.05. The van der Waals surface area contributed by atoms with E-state index in [0.29, 0.717) is 16.7 Å². The van der Waals surface area contributed by atoms with Gasteiger partial charge < -0.3 is 39.0 Å². The highest BCUT2D eigenvalue weighted by atomic mass is 16.9. The lowest BCUT2D eigenvalue weighted by Gasteiger charge is -2.61. The number of aliphatic hydroxyl groups excluding tert-OH is 2. The molecule has 44 heavy (non-hydrogen) atoms. The Balaban J connectivity index is 1.40. The van der Waals surface area contributed by atoms with Gasteiger partial charge in [0.15, 0.2) is 17.0 Å². The van der Waals surface area contributed by atoms with Crippen LogP contribution in [0.25, 0.3) is 0 Å². The van der Waals surface area contributed by atoms with E-state index in [1.807, 2.05) is 25.1 Å². The second-order valence-electron chi connectivity index (χ2n) is 13.5. The van der Waals surface area contributed by atoms with Crippen molar-refractivity contribution in [3.8, 4) is 0 Å².